The van der Waals surface area contributed by atoms with Crippen LogP contribution in [0.1, 0.15) is 17.4 Å². The van der Waals surface area contributed by atoms with Crippen LogP contribution in [-0.4, -0.2) is 22.5 Å². The standard InChI is InChI=1S/C12H10F2N2O3/c1-2-19-11(17)10-9(15-12(18)16-10)7-4-3-6(13)5-8(7)14/h3-5H,2H2,1H3,(H2,15,16,18). The number of benzene rings is 1. The maximum Gasteiger partial charge on any atom is 0.357 e. The molecule has 0 aliphatic rings. The maximum atomic E-state index is 13.6. The molecule has 1 heterocycles. The van der Waals surface area contributed by atoms with E-state index in [0.717, 1.165) is 12.1 Å². The van der Waals surface area contributed by atoms with E-state index in [-0.39, 0.29) is 23.6 Å². The highest BCUT2D eigenvalue weighted by Crippen LogP contribution is 2.23. The monoisotopic (exact) mass is 268 g/mol. The number of nitrogens with one attached hydrogen (secondary N) is 2. The molecule has 0 aliphatic carbocycles. The fourth-order valence-corrected chi connectivity index (χ4v) is 1.63. The predicted molar refractivity (Wildman–Crippen MR) is 62.7 cm³/mol. The van der Waals surface area contributed by atoms with Crippen molar-refractivity contribution in [3.8, 4) is 11.3 Å². The van der Waals surface area contributed by atoms with Crippen molar-refractivity contribution in [1.29, 1.82) is 0 Å². The van der Waals surface area contributed by atoms with Crippen LogP contribution in [0.25, 0.3) is 11.3 Å². The van der Waals surface area contributed by atoms with Gasteiger partial charge in [-0.25, -0.2) is 18.4 Å². The average Bonchev–Trinajstić information content (AvgIpc) is 2.71. The summed E-state index contributed by atoms with van der Waals surface area (Å²) in [6, 6.07) is 2.82. The smallest absolute Gasteiger partial charge is 0.357 e. The molecule has 0 radical (unpaired) electrons. The minimum Gasteiger partial charge on any atom is -0.461 e. The lowest BCUT2D eigenvalue weighted by Crippen LogP contribution is -2.08. The second-order valence-electron chi connectivity index (χ2n) is 3.67. The molecule has 100 valence electrons. The zero-order valence-electron chi connectivity index (χ0n) is 9.92. The van der Waals surface area contributed by atoms with Crippen LogP contribution in [-0.2, 0) is 4.74 Å². The number of rotatable bonds is 3. The summed E-state index contributed by atoms with van der Waals surface area (Å²) in [5, 5.41) is 0. The van der Waals surface area contributed by atoms with Gasteiger partial charge in [-0.3, -0.25) is 4.98 Å². The molecule has 0 spiro atoms. The Bertz CT molecular complexity index is 676. The van der Waals surface area contributed by atoms with Gasteiger partial charge in [0.15, 0.2) is 5.69 Å². The Morgan fingerprint density at radius 3 is 2.68 bits per heavy atom. The minimum absolute atomic E-state index is 0.0686. The van der Waals surface area contributed by atoms with Crippen molar-refractivity contribution in [2.24, 2.45) is 0 Å². The lowest BCUT2D eigenvalue weighted by atomic mass is 10.1. The number of esters is 1. The van der Waals surface area contributed by atoms with E-state index < -0.39 is 23.3 Å². The summed E-state index contributed by atoms with van der Waals surface area (Å²) in [4.78, 5) is 27.4. The first-order valence-corrected chi connectivity index (χ1v) is 5.47. The van der Waals surface area contributed by atoms with Crippen LogP contribution in [0.2, 0.25) is 0 Å². The fourth-order valence-electron chi connectivity index (χ4n) is 1.63. The summed E-state index contributed by atoms with van der Waals surface area (Å²) < 4.78 is 31.2. The second-order valence-corrected chi connectivity index (χ2v) is 3.67. The lowest BCUT2D eigenvalue weighted by molar-refractivity contribution is 0.0521. The minimum atomic E-state index is -0.888. The average molecular weight is 268 g/mol. The van der Waals surface area contributed by atoms with Gasteiger partial charge in [-0.1, -0.05) is 0 Å². The zero-order chi connectivity index (χ0) is 14.0. The summed E-state index contributed by atoms with van der Waals surface area (Å²) in [6.07, 6.45) is 0. The molecule has 0 atom stereocenters. The third-order valence-corrected chi connectivity index (χ3v) is 2.41. The van der Waals surface area contributed by atoms with Crippen LogP contribution >= 0.6 is 0 Å². The quantitative estimate of drug-likeness (QED) is 0.834. The molecular formula is C12H10F2N2O3. The van der Waals surface area contributed by atoms with Crippen LogP contribution in [0.4, 0.5) is 8.78 Å². The Balaban J connectivity index is 2.56. The van der Waals surface area contributed by atoms with Crippen LogP contribution in [0.5, 0.6) is 0 Å². The molecule has 0 bridgehead atoms. The number of aromatic nitrogens is 2. The lowest BCUT2D eigenvalue weighted by Gasteiger charge is -2.04. The summed E-state index contributed by atoms with van der Waals surface area (Å²) in [5.74, 6) is -2.43. The zero-order valence-corrected chi connectivity index (χ0v) is 9.92. The number of halogens is 2. The number of carbonyl (C=O) groups is 1. The topological polar surface area (TPSA) is 75.0 Å². The molecule has 0 saturated heterocycles. The van der Waals surface area contributed by atoms with Gasteiger partial charge in [0.05, 0.1) is 12.3 Å². The molecule has 0 amide bonds. The predicted octanol–water partition coefficient (Wildman–Crippen LogP) is 1.82. The fraction of sp³-hybridized carbons (Fsp3) is 0.167. The van der Waals surface area contributed by atoms with Gasteiger partial charge in [0.1, 0.15) is 11.6 Å². The maximum absolute atomic E-state index is 13.6. The Morgan fingerprint density at radius 2 is 2.05 bits per heavy atom. The number of imidazole rings is 1. The molecule has 2 aromatic rings. The summed E-state index contributed by atoms with van der Waals surface area (Å²) in [7, 11) is 0. The van der Waals surface area contributed by atoms with Crippen LogP contribution in [0.3, 0.4) is 0 Å². The normalized spacial score (nSPS) is 10.5. The van der Waals surface area contributed by atoms with E-state index >= 15 is 0 Å². The van der Waals surface area contributed by atoms with Crippen molar-refractivity contribution in [2.75, 3.05) is 6.61 Å². The van der Waals surface area contributed by atoms with E-state index in [2.05, 4.69) is 9.97 Å². The van der Waals surface area contributed by atoms with Crippen molar-refractivity contribution in [3.63, 3.8) is 0 Å². The highest BCUT2D eigenvalue weighted by Gasteiger charge is 2.20. The van der Waals surface area contributed by atoms with E-state index in [1.165, 1.54) is 0 Å². The Kier molecular flexibility index (Phi) is 3.46. The van der Waals surface area contributed by atoms with E-state index in [1.807, 2.05) is 0 Å². The Labute approximate surface area is 106 Å². The molecule has 2 N–H and O–H groups in total. The van der Waals surface area contributed by atoms with Crippen molar-refractivity contribution >= 4 is 5.97 Å². The molecule has 19 heavy (non-hydrogen) atoms. The van der Waals surface area contributed by atoms with Gasteiger partial charge in [0.25, 0.3) is 0 Å². The Hall–Kier alpha value is -2.44. The second kappa shape index (κ2) is 5.05. The Morgan fingerprint density at radius 1 is 1.32 bits per heavy atom. The summed E-state index contributed by atoms with van der Waals surface area (Å²) >= 11 is 0. The highest BCUT2D eigenvalue weighted by atomic mass is 19.1. The van der Waals surface area contributed by atoms with Crippen molar-refractivity contribution in [3.05, 3.63) is 46.0 Å². The first-order chi connectivity index (χ1) is 9.02. The molecule has 1 aromatic heterocycles. The molecule has 7 heteroatoms. The van der Waals surface area contributed by atoms with Gasteiger partial charge in [0.2, 0.25) is 0 Å². The van der Waals surface area contributed by atoms with E-state index in [9.17, 15) is 18.4 Å². The largest absolute Gasteiger partial charge is 0.461 e. The molecule has 1 aromatic carbocycles. The highest BCUT2D eigenvalue weighted by molar-refractivity contribution is 5.94. The van der Waals surface area contributed by atoms with Gasteiger partial charge in [-0.2, -0.15) is 0 Å². The number of H-pyrrole nitrogens is 2. The van der Waals surface area contributed by atoms with Gasteiger partial charge in [0, 0.05) is 11.6 Å². The van der Waals surface area contributed by atoms with E-state index in [1.54, 1.807) is 6.92 Å². The van der Waals surface area contributed by atoms with Crippen molar-refractivity contribution in [1.82, 2.24) is 9.97 Å². The molecule has 0 unspecified atom stereocenters. The first kappa shape index (κ1) is 13.0. The number of hydrogen-bond acceptors (Lipinski definition) is 3. The van der Waals surface area contributed by atoms with E-state index in [0.29, 0.717) is 6.07 Å². The molecule has 0 saturated carbocycles. The first-order valence-electron chi connectivity index (χ1n) is 5.47. The summed E-state index contributed by atoms with van der Waals surface area (Å²) in [6.45, 7) is 1.71. The molecule has 5 nitrogen and oxygen atoms in total. The van der Waals surface area contributed by atoms with Gasteiger partial charge in [-0.05, 0) is 19.1 Å². The van der Waals surface area contributed by atoms with E-state index in [4.69, 9.17) is 4.74 Å². The summed E-state index contributed by atoms with van der Waals surface area (Å²) in [5.41, 5.74) is -1.04. The van der Waals surface area contributed by atoms with Gasteiger partial charge in [-0.15, -0.1) is 0 Å². The molecule has 0 aliphatic heterocycles. The third kappa shape index (κ3) is 2.54. The SMILES string of the molecule is CCOC(=O)c1[nH]c(=O)[nH]c1-c1ccc(F)cc1F. The van der Waals surface area contributed by atoms with Gasteiger partial charge < -0.3 is 9.72 Å². The third-order valence-electron chi connectivity index (χ3n) is 2.41. The van der Waals surface area contributed by atoms with Crippen molar-refractivity contribution < 1.29 is 18.3 Å². The van der Waals surface area contributed by atoms with Crippen molar-refractivity contribution in [2.45, 2.75) is 6.92 Å². The number of hydrogen-bond donors (Lipinski definition) is 2. The molecule has 2 rings (SSSR count). The molecular weight excluding hydrogens is 258 g/mol. The number of carbonyl (C=O) groups excluding carboxylic acids is 1. The number of ether oxygens (including phenoxy) is 1. The van der Waals surface area contributed by atoms with Crippen LogP contribution in [0.15, 0.2) is 23.0 Å². The van der Waals surface area contributed by atoms with Crippen LogP contribution < -0.4 is 5.69 Å². The van der Waals surface area contributed by atoms with Crippen LogP contribution in [0, 0.1) is 11.6 Å². The van der Waals surface area contributed by atoms with Gasteiger partial charge >= 0.3 is 11.7 Å². The number of aromatic amines is 2. The molecule has 0 fully saturated rings.